The number of hydrazine groups is 1. The van der Waals surface area contributed by atoms with E-state index in [4.69, 9.17) is 26.4 Å². The number of ether oxygens (including phenoxy) is 3. The summed E-state index contributed by atoms with van der Waals surface area (Å²) in [5.74, 6) is 0.935. The van der Waals surface area contributed by atoms with Gasteiger partial charge in [0.15, 0.2) is 5.11 Å². The maximum atomic E-state index is 11.8. The van der Waals surface area contributed by atoms with Gasteiger partial charge in [-0.05, 0) is 37.4 Å². The predicted molar refractivity (Wildman–Crippen MR) is 96.9 cm³/mol. The molecule has 0 aromatic heterocycles. The monoisotopic (exact) mass is 353 g/mol. The molecule has 0 heterocycles. The number of carbonyl (C=O) groups excluding carboxylic acids is 1. The highest BCUT2D eigenvalue weighted by Crippen LogP contribution is 2.25. The third-order valence-electron chi connectivity index (χ3n) is 2.95. The second-order valence-electron chi connectivity index (χ2n) is 4.89. The quantitative estimate of drug-likeness (QED) is 0.387. The summed E-state index contributed by atoms with van der Waals surface area (Å²) in [6, 6.07) is 5.36. The zero-order valence-electron chi connectivity index (χ0n) is 14.2. The van der Waals surface area contributed by atoms with Gasteiger partial charge in [0.2, 0.25) is 0 Å². The number of methoxy groups -OCH3 is 3. The fraction of sp³-hybridized carbons (Fsp3) is 0.375. The summed E-state index contributed by atoms with van der Waals surface area (Å²) in [4.78, 5) is 11.8. The van der Waals surface area contributed by atoms with E-state index in [9.17, 15) is 4.79 Å². The van der Waals surface area contributed by atoms with Crippen LogP contribution in [0.1, 0.15) is 12.5 Å². The molecule has 1 amide bonds. The Balaban J connectivity index is 2.53. The van der Waals surface area contributed by atoms with Crippen molar-refractivity contribution < 1.29 is 19.0 Å². The summed E-state index contributed by atoms with van der Waals surface area (Å²) in [6.07, 6.45) is 3.01. The summed E-state index contributed by atoms with van der Waals surface area (Å²) in [5, 5.41) is 3.27. The summed E-state index contributed by atoms with van der Waals surface area (Å²) in [5.41, 5.74) is 5.84. The molecule has 7 nitrogen and oxygen atoms in total. The molecule has 8 heteroatoms. The number of thiocarbonyl (C=S) groups is 1. The molecular formula is C16H23N3O4S. The van der Waals surface area contributed by atoms with E-state index in [1.807, 2.05) is 6.92 Å². The van der Waals surface area contributed by atoms with Crippen LogP contribution in [0.2, 0.25) is 0 Å². The van der Waals surface area contributed by atoms with E-state index in [0.717, 1.165) is 5.56 Å². The van der Waals surface area contributed by atoms with Crippen LogP contribution in [-0.4, -0.2) is 45.0 Å². The molecule has 0 aliphatic heterocycles. The molecule has 0 unspecified atom stereocenters. The third kappa shape index (κ3) is 6.84. The van der Waals surface area contributed by atoms with Gasteiger partial charge in [-0.15, -0.1) is 0 Å². The molecule has 0 bridgehead atoms. The molecule has 0 saturated heterocycles. The number of amides is 1. The first-order chi connectivity index (χ1) is 11.5. The second kappa shape index (κ2) is 10.5. The van der Waals surface area contributed by atoms with E-state index in [1.54, 1.807) is 45.6 Å². The molecule has 0 radical (unpaired) electrons. The Bertz CT molecular complexity index is 593. The SMILES string of the molecule is COC[C@H](C)NC(=S)NNC(=O)/C=C/c1ccc(OC)cc1OC. The van der Waals surface area contributed by atoms with Crippen LogP contribution in [0.15, 0.2) is 24.3 Å². The van der Waals surface area contributed by atoms with Crippen LogP contribution < -0.4 is 25.6 Å². The van der Waals surface area contributed by atoms with Gasteiger partial charge in [0.1, 0.15) is 11.5 Å². The van der Waals surface area contributed by atoms with Gasteiger partial charge in [0, 0.05) is 30.9 Å². The number of benzene rings is 1. The van der Waals surface area contributed by atoms with Gasteiger partial charge in [-0.25, -0.2) is 0 Å². The minimum Gasteiger partial charge on any atom is -0.497 e. The van der Waals surface area contributed by atoms with Gasteiger partial charge in [0.05, 0.1) is 20.8 Å². The fourth-order valence-corrected chi connectivity index (χ4v) is 2.09. The first-order valence-corrected chi connectivity index (χ1v) is 7.66. The zero-order valence-corrected chi connectivity index (χ0v) is 15.0. The van der Waals surface area contributed by atoms with Crippen molar-refractivity contribution in [3.8, 4) is 11.5 Å². The largest absolute Gasteiger partial charge is 0.497 e. The molecular weight excluding hydrogens is 330 g/mol. The van der Waals surface area contributed by atoms with Gasteiger partial charge >= 0.3 is 0 Å². The smallest absolute Gasteiger partial charge is 0.262 e. The summed E-state index contributed by atoms with van der Waals surface area (Å²) >= 11 is 5.06. The van der Waals surface area contributed by atoms with E-state index in [0.29, 0.717) is 23.2 Å². The highest BCUT2D eigenvalue weighted by Gasteiger charge is 2.05. The van der Waals surface area contributed by atoms with Crippen molar-refractivity contribution in [1.82, 2.24) is 16.2 Å². The minimum absolute atomic E-state index is 0.0333. The summed E-state index contributed by atoms with van der Waals surface area (Å²) in [7, 11) is 4.74. The molecule has 24 heavy (non-hydrogen) atoms. The van der Waals surface area contributed by atoms with Crippen molar-refractivity contribution in [1.29, 1.82) is 0 Å². The molecule has 1 aromatic carbocycles. The second-order valence-corrected chi connectivity index (χ2v) is 5.29. The Morgan fingerprint density at radius 3 is 2.62 bits per heavy atom. The lowest BCUT2D eigenvalue weighted by atomic mass is 10.1. The maximum Gasteiger partial charge on any atom is 0.262 e. The highest BCUT2D eigenvalue weighted by molar-refractivity contribution is 7.80. The molecule has 3 N–H and O–H groups in total. The van der Waals surface area contributed by atoms with Crippen molar-refractivity contribution >= 4 is 29.3 Å². The Hall–Kier alpha value is -2.32. The van der Waals surface area contributed by atoms with Gasteiger partial charge in [-0.3, -0.25) is 15.6 Å². The van der Waals surface area contributed by atoms with Crippen molar-refractivity contribution in [3.05, 3.63) is 29.8 Å². The van der Waals surface area contributed by atoms with E-state index in [2.05, 4.69) is 16.2 Å². The predicted octanol–water partition coefficient (Wildman–Crippen LogP) is 1.25. The summed E-state index contributed by atoms with van der Waals surface area (Å²) < 4.78 is 15.4. The Morgan fingerprint density at radius 2 is 2.00 bits per heavy atom. The van der Waals surface area contributed by atoms with Crippen molar-refractivity contribution in [3.63, 3.8) is 0 Å². The van der Waals surface area contributed by atoms with Crippen molar-refractivity contribution in [2.75, 3.05) is 27.9 Å². The molecule has 1 atom stereocenters. The Morgan fingerprint density at radius 1 is 1.25 bits per heavy atom. The van der Waals surface area contributed by atoms with E-state index in [-0.39, 0.29) is 11.9 Å². The number of rotatable bonds is 7. The lowest BCUT2D eigenvalue weighted by Gasteiger charge is -2.15. The number of carbonyl (C=O) groups is 1. The number of hydrogen-bond acceptors (Lipinski definition) is 5. The van der Waals surface area contributed by atoms with Crippen molar-refractivity contribution in [2.45, 2.75) is 13.0 Å². The number of hydrogen-bond donors (Lipinski definition) is 3. The maximum absolute atomic E-state index is 11.8. The van der Waals surface area contributed by atoms with Gasteiger partial charge in [0.25, 0.3) is 5.91 Å². The lowest BCUT2D eigenvalue weighted by Crippen LogP contribution is -2.49. The molecule has 1 aromatic rings. The Kier molecular flexibility index (Phi) is 8.59. The zero-order chi connectivity index (χ0) is 17.9. The average Bonchev–Trinajstić information content (AvgIpc) is 2.58. The molecule has 132 valence electrons. The fourth-order valence-electron chi connectivity index (χ4n) is 1.83. The van der Waals surface area contributed by atoms with Crippen LogP contribution in [-0.2, 0) is 9.53 Å². The van der Waals surface area contributed by atoms with Gasteiger partial charge in [-0.1, -0.05) is 0 Å². The molecule has 1 rings (SSSR count). The van der Waals surface area contributed by atoms with Gasteiger partial charge < -0.3 is 19.5 Å². The van der Waals surface area contributed by atoms with E-state index in [1.165, 1.54) is 6.08 Å². The standard InChI is InChI=1S/C16H23N3O4S/c1-11(10-21-2)17-16(24)19-18-15(20)8-6-12-5-7-13(22-3)9-14(12)23-4/h5-9,11H,10H2,1-4H3,(H,18,20)(H2,17,19,24)/b8-6+/t11-/m0/s1. The van der Waals surface area contributed by atoms with Crippen LogP contribution in [0.4, 0.5) is 0 Å². The van der Waals surface area contributed by atoms with E-state index >= 15 is 0 Å². The van der Waals surface area contributed by atoms with Crippen LogP contribution in [0.5, 0.6) is 11.5 Å². The third-order valence-corrected chi connectivity index (χ3v) is 3.17. The first-order valence-electron chi connectivity index (χ1n) is 7.25. The summed E-state index contributed by atoms with van der Waals surface area (Å²) in [6.45, 7) is 2.42. The van der Waals surface area contributed by atoms with Crippen LogP contribution >= 0.6 is 12.2 Å². The molecule has 0 spiro atoms. The molecule has 0 aliphatic rings. The van der Waals surface area contributed by atoms with Crippen LogP contribution in [0, 0.1) is 0 Å². The lowest BCUT2D eigenvalue weighted by molar-refractivity contribution is -0.116. The van der Waals surface area contributed by atoms with Gasteiger partial charge in [-0.2, -0.15) is 0 Å². The minimum atomic E-state index is -0.351. The molecule has 0 aliphatic carbocycles. The average molecular weight is 353 g/mol. The van der Waals surface area contributed by atoms with Crippen LogP contribution in [0.3, 0.4) is 0 Å². The van der Waals surface area contributed by atoms with E-state index < -0.39 is 0 Å². The van der Waals surface area contributed by atoms with Crippen LogP contribution in [0.25, 0.3) is 6.08 Å². The molecule has 0 saturated carbocycles. The highest BCUT2D eigenvalue weighted by atomic mass is 32.1. The van der Waals surface area contributed by atoms with Crippen molar-refractivity contribution in [2.24, 2.45) is 0 Å². The number of nitrogens with one attached hydrogen (secondary N) is 3. The Labute approximate surface area is 147 Å². The topological polar surface area (TPSA) is 80.9 Å². The first kappa shape index (κ1) is 19.7. The normalized spacial score (nSPS) is 11.7. The molecule has 0 fully saturated rings.